The summed E-state index contributed by atoms with van der Waals surface area (Å²) in [5, 5.41) is 22.7. The number of nitro benzene ring substituents is 1. The Morgan fingerprint density at radius 1 is 1.09 bits per heavy atom. The van der Waals surface area contributed by atoms with Gasteiger partial charge in [0.05, 0.1) is 16.5 Å². The number of likely N-dealkylation sites (tertiary alicyclic amines) is 1. The van der Waals surface area contributed by atoms with Crippen molar-refractivity contribution < 1.29 is 24.4 Å². The second kappa shape index (κ2) is 8.72. The number of benzene rings is 3. The lowest BCUT2D eigenvalue weighted by molar-refractivity contribution is -0.384. The molecule has 2 aliphatic heterocycles. The first-order chi connectivity index (χ1) is 16.8. The van der Waals surface area contributed by atoms with Crippen molar-refractivity contribution in [2.75, 3.05) is 0 Å². The molecule has 176 valence electrons. The van der Waals surface area contributed by atoms with Crippen LogP contribution in [0.3, 0.4) is 0 Å². The number of nitrogens with zero attached hydrogens (tertiary/aromatic N) is 2. The van der Waals surface area contributed by atoms with Crippen LogP contribution in [0.15, 0.2) is 78.4 Å². The van der Waals surface area contributed by atoms with E-state index >= 15 is 0 Å². The predicted octanol–water partition coefficient (Wildman–Crippen LogP) is 4.54. The van der Waals surface area contributed by atoms with E-state index in [0.29, 0.717) is 23.3 Å². The summed E-state index contributed by atoms with van der Waals surface area (Å²) in [5.74, 6) is -1.21. The van der Waals surface area contributed by atoms with E-state index in [1.165, 1.54) is 23.1 Å². The minimum Gasteiger partial charge on any atom is -0.507 e. The Kier molecular flexibility index (Phi) is 5.56. The van der Waals surface area contributed by atoms with E-state index in [4.69, 9.17) is 4.74 Å². The van der Waals surface area contributed by atoms with Crippen LogP contribution < -0.4 is 4.74 Å². The van der Waals surface area contributed by atoms with Gasteiger partial charge >= 0.3 is 0 Å². The molecule has 1 amide bonds. The zero-order valence-corrected chi connectivity index (χ0v) is 18.9. The van der Waals surface area contributed by atoms with Crippen LogP contribution >= 0.6 is 0 Å². The highest BCUT2D eigenvalue weighted by atomic mass is 16.6. The second-order valence-corrected chi connectivity index (χ2v) is 8.72. The Hall–Kier alpha value is -4.46. The minimum absolute atomic E-state index is 0.00344. The number of hydrogen-bond donors (Lipinski definition) is 1. The smallest absolute Gasteiger partial charge is 0.295 e. The highest BCUT2D eigenvalue weighted by Gasteiger charge is 2.46. The number of ketones is 1. The maximum atomic E-state index is 13.2. The molecule has 0 spiro atoms. The molecule has 0 aliphatic carbocycles. The minimum atomic E-state index is -0.987. The molecule has 0 radical (unpaired) electrons. The van der Waals surface area contributed by atoms with Gasteiger partial charge in [-0.15, -0.1) is 0 Å². The highest BCUT2D eigenvalue weighted by molar-refractivity contribution is 6.46. The molecule has 0 bridgehead atoms. The fraction of sp³-hybridized carbons (Fsp3) is 0.185. The van der Waals surface area contributed by atoms with Gasteiger partial charge < -0.3 is 14.7 Å². The number of ether oxygens (including phenoxy) is 1. The fourth-order valence-corrected chi connectivity index (χ4v) is 4.70. The van der Waals surface area contributed by atoms with Crippen molar-refractivity contribution in [3.05, 3.63) is 111 Å². The summed E-state index contributed by atoms with van der Waals surface area (Å²) < 4.78 is 5.72. The van der Waals surface area contributed by atoms with Gasteiger partial charge in [0.25, 0.3) is 17.4 Å². The summed E-state index contributed by atoms with van der Waals surface area (Å²) in [6, 6.07) is 19.1. The highest BCUT2D eigenvalue weighted by Crippen LogP contribution is 2.42. The number of fused-ring (bicyclic) bond motifs is 1. The third-order valence-electron chi connectivity index (χ3n) is 6.30. The number of aliphatic hydroxyl groups excluding tert-OH is 1. The van der Waals surface area contributed by atoms with Crippen LogP contribution in [0, 0.1) is 10.1 Å². The molecule has 3 aromatic carbocycles. The van der Waals surface area contributed by atoms with Gasteiger partial charge in [0.1, 0.15) is 17.6 Å². The molecular formula is C27H22N2O6. The normalized spacial score (nSPS) is 20.5. The summed E-state index contributed by atoms with van der Waals surface area (Å²) in [7, 11) is 0. The molecule has 1 saturated heterocycles. The number of carbonyl (C=O) groups excluding carboxylic acids is 2. The maximum Gasteiger partial charge on any atom is 0.295 e. The van der Waals surface area contributed by atoms with E-state index in [1.807, 2.05) is 37.3 Å². The summed E-state index contributed by atoms with van der Waals surface area (Å²) >= 11 is 0. The van der Waals surface area contributed by atoms with Crippen molar-refractivity contribution in [2.45, 2.75) is 32.0 Å². The predicted molar refractivity (Wildman–Crippen MR) is 128 cm³/mol. The Morgan fingerprint density at radius 2 is 1.86 bits per heavy atom. The van der Waals surface area contributed by atoms with E-state index < -0.39 is 22.7 Å². The average Bonchev–Trinajstić information content (AvgIpc) is 3.35. The molecule has 8 nitrogen and oxygen atoms in total. The summed E-state index contributed by atoms with van der Waals surface area (Å²) in [4.78, 5) is 38.6. The van der Waals surface area contributed by atoms with Gasteiger partial charge in [0.2, 0.25) is 0 Å². The lowest BCUT2D eigenvalue weighted by Crippen LogP contribution is -2.29. The number of Topliss-reactive ketones (excluding diaryl/α,β-unsaturated/α-hetero) is 1. The Balaban J connectivity index is 1.65. The molecule has 0 aromatic heterocycles. The number of rotatable bonds is 5. The Bertz CT molecular complexity index is 1380. The Labute approximate surface area is 201 Å². The lowest BCUT2D eigenvalue weighted by Gasteiger charge is -2.25. The van der Waals surface area contributed by atoms with Crippen molar-refractivity contribution >= 4 is 23.1 Å². The van der Waals surface area contributed by atoms with Crippen LogP contribution in [0.25, 0.3) is 5.76 Å². The molecule has 8 heteroatoms. The molecule has 1 N–H and O–H groups in total. The van der Waals surface area contributed by atoms with Crippen molar-refractivity contribution in [1.82, 2.24) is 4.90 Å². The molecule has 3 aromatic rings. The average molecular weight is 470 g/mol. The van der Waals surface area contributed by atoms with Gasteiger partial charge in [-0.1, -0.05) is 42.5 Å². The number of carbonyl (C=O) groups is 2. The Morgan fingerprint density at radius 3 is 2.60 bits per heavy atom. The molecule has 5 rings (SSSR count). The SMILES string of the molecule is CC1Cc2cc(/C(O)=C3\C(=O)C(=O)N(Cc4ccccc4)C3c3cccc([N+](=O)[O-])c3)ccc2O1. The number of hydrogen-bond acceptors (Lipinski definition) is 6. The summed E-state index contributed by atoms with van der Waals surface area (Å²) in [6.45, 7) is 2.04. The standard InChI is InChI=1S/C27H22N2O6/c1-16-12-20-13-19(10-11-22(20)35-16)25(30)23-24(18-8-5-9-21(14-18)29(33)34)28(27(32)26(23)31)15-17-6-3-2-4-7-17/h2-11,13-14,16,24,30H,12,15H2,1H3/b25-23+. The number of amides is 1. The van der Waals surface area contributed by atoms with E-state index in [1.54, 1.807) is 24.3 Å². The molecule has 2 atom stereocenters. The maximum absolute atomic E-state index is 13.2. The zero-order chi connectivity index (χ0) is 24.7. The molecule has 1 fully saturated rings. The first-order valence-corrected chi connectivity index (χ1v) is 11.2. The fourth-order valence-electron chi connectivity index (χ4n) is 4.70. The molecule has 35 heavy (non-hydrogen) atoms. The quantitative estimate of drug-likeness (QED) is 0.193. The summed E-state index contributed by atoms with van der Waals surface area (Å²) in [6.07, 6.45) is 0.663. The second-order valence-electron chi connectivity index (χ2n) is 8.72. The largest absolute Gasteiger partial charge is 0.507 e. The first-order valence-electron chi connectivity index (χ1n) is 11.2. The van der Waals surface area contributed by atoms with Crippen LogP contribution in [0.5, 0.6) is 5.75 Å². The third kappa shape index (κ3) is 4.03. The van der Waals surface area contributed by atoms with Crippen molar-refractivity contribution in [1.29, 1.82) is 0 Å². The van der Waals surface area contributed by atoms with Crippen LogP contribution in [-0.4, -0.2) is 32.7 Å². The van der Waals surface area contributed by atoms with Crippen LogP contribution in [0.1, 0.15) is 35.2 Å². The van der Waals surface area contributed by atoms with E-state index in [2.05, 4.69) is 0 Å². The number of nitro groups is 1. The van der Waals surface area contributed by atoms with Crippen molar-refractivity contribution in [3.8, 4) is 5.75 Å². The number of non-ortho nitro benzene ring substituents is 1. The van der Waals surface area contributed by atoms with E-state index in [-0.39, 0.29) is 29.7 Å². The zero-order valence-electron chi connectivity index (χ0n) is 18.9. The number of aliphatic hydroxyl groups is 1. The van der Waals surface area contributed by atoms with Gasteiger partial charge in [-0.3, -0.25) is 19.7 Å². The third-order valence-corrected chi connectivity index (χ3v) is 6.30. The monoisotopic (exact) mass is 470 g/mol. The van der Waals surface area contributed by atoms with Gasteiger partial charge in [-0.25, -0.2) is 0 Å². The van der Waals surface area contributed by atoms with Gasteiger partial charge in [0.15, 0.2) is 0 Å². The molecular weight excluding hydrogens is 448 g/mol. The van der Waals surface area contributed by atoms with Crippen LogP contribution in [0.4, 0.5) is 5.69 Å². The van der Waals surface area contributed by atoms with Crippen molar-refractivity contribution in [2.24, 2.45) is 0 Å². The van der Waals surface area contributed by atoms with Gasteiger partial charge in [-0.05, 0) is 41.8 Å². The van der Waals surface area contributed by atoms with Crippen molar-refractivity contribution in [3.63, 3.8) is 0 Å². The van der Waals surface area contributed by atoms with Crippen LogP contribution in [-0.2, 0) is 22.6 Å². The van der Waals surface area contributed by atoms with E-state index in [0.717, 1.165) is 11.1 Å². The molecule has 2 heterocycles. The molecule has 0 saturated carbocycles. The van der Waals surface area contributed by atoms with Crippen LogP contribution in [0.2, 0.25) is 0 Å². The molecule has 2 aliphatic rings. The lowest BCUT2D eigenvalue weighted by atomic mass is 9.94. The van der Waals surface area contributed by atoms with Gasteiger partial charge in [0, 0.05) is 30.7 Å². The first kappa shape index (κ1) is 22.3. The topological polar surface area (TPSA) is 110 Å². The van der Waals surface area contributed by atoms with Gasteiger partial charge in [-0.2, -0.15) is 0 Å². The molecule has 2 unspecified atom stereocenters. The summed E-state index contributed by atoms with van der Waals surface area (Å²) in [5.41, 5.74) is 2.17. The van der Waals surface area contributed by atoms with E-state index in [9.17, 15) is 24.8 Å².